The zero-order valence-corrected chi connectivity index (χ0v) is 14.2. The van der Waals surface area contributed by atoms with Gasteiger partial charge in [-0.3, -0.25) is 9.78 Å². The third-order valence-electron chi connectivity index (χ3n) is 3.40. The Morgan fingerprint density at radius 3 is 2.79 bits per heavy atom. The van der Waals surface area contributed by atoms with E-state index < -0.39 is 0 Å². The van der Waals surface area contributed by atoms with Crippen LogP contribution in [0.25, 0.3) is 6.08 Å². The Morgan fingerprint density at radius 1 is 1.29 bits per heavy atom. The van der Waals surface area contributed by atoms with Gasteiger partial charge in [0.1, 0.15) is 0 Å². The highest BCUT2D eigenvalue weighted by atomic mass is 16.5. The van der Waals surface area contributed by atoms with E-state index in [1.807, 2.05) is 50.2 Å². The Hall–Kier alpha value is -2.82. The van der Waals surface area contributed by atoms with Crippen LogP contribution in [0.3, 0.4) is 0 Å². The molecule has 1 atom stereocenters. The summed E-state index contributed by atoms with van der Waals surface area (Å²) in [5.74, 6) is 1.15. The molecule has 0 aliphatic carbocycles. The van der Waals surface area contributed by atoms with E-state index in [9.17, 15) is 4.79 Å². The molecule has 2 rings (SSSR count). The second-order valence-corrected chi connectivity index (χ2v) is 5.16. The molecule has 0 spiro atoms. The maximum Gasteiger partial charge on any atom is 0.244 e. The molecule has 5 heteroatoms. The minimum atomic E-state index is -0.179. The zero-order chi connectivity index (χ0) is 17.4. The van der Waals surface area contributed by atoms with Crippen LogP contribution >= 0.6 is 0 Å². The Morgan fingerprint density at radius 2 is 2.12 bits per heavy atom. The van der Waals surface area contributed by atoms with Gasteiger partial charge in [0, 0.05) is 12.3 Å². The number of amides is 1. The van der Waals surface area contributed by atoms with Gasteiger partial charge in [0.25, 0.3) is 0 Å². The lowest BCUT2D eigenvalue weighted by atomic mass is 10.1. The van der Waals surface area contributed by atoms with Gasteiger partial charge in [-0.2, -0.15) is 0 Å². The molecule has 2 aromatic rings. The lowest BCUT2D eigenvalue weighted by Crippen LogP contribution is -2.25. The summed E-state index contributed by atoms with van der Waals surface area (Å²) in [6.07, 6.45) is 4.94. The molecule has 0 saturated heterocycles. The van der Waals surface area contributed by atoms with Crippen LogP contribution in [0.15, 0.2) is 48.7 Å². The van der Waals surface area contributed by atoms with Gasteiger partial charge >= 0.3 is 0 Å². The molecule has 1 amide bonds. The first-order valence-electron chi connectivity index (χ1n) is 7.84. The molecule has 0 fully saturated rings. The third-order valence-corrected chi connectivity index (χ3v) is 3.40. The molecular formula is C19H22N2O3. The maximum atomic E-state index is 12.1. The van der Waals surface area contributed by atoms with E-state index >= 15 is 0 Å². The smallest absolute Gasteiger partial charge is 0.244 e. The van der Waals surface area contributed by atoms with E-state index in [0.29, 0.717) is 18.1 Å². The highest BCUT2D eigenvalue weighted by Gasteiger charge is 2.08. The monoisotopic (exact) mass is 326 g/mol. The van der Waals surface area contributed by atoms with Crippen molar-refractivity contribution in [3.05, 3.63) is 59.9 Å². The molecule has 5 nitrogen and oxygen atoms in total. The predicted octanol–water partition coefficient (Wildman–Crippen LogP) is 3.38. The van der Waals surface area contributed by atoms with Gasteiger partial charge < -0.3 is 14.8 Å². The SMILES string of the molecule is CCOc1cc(/C=C/C(=O)NC(C)c2ccccn2)ccc1OC. The van der Waals surface area contributed by atoms with E-state index in [1.54, 1.807) is 19.4 Å². The van der Waals surface area contributed by atoms with Crippen molar-refractivity contribution < 1.29 is 14.3 Å². The van der Waals surface area contributed by atoms with Crippen LogP contribution in [0.2, 0.25) is 0 Å². The van der Waals surface area contributed by atoms with Crippen molar-refractivity contribution in [1.29, 1.82) is 0 Å². The van der Waals surface area contributed by atoms with Crippen molar-refractivity contribution in [2.75, 3.05) is 13.7 Å². The number of ether oxygens (including phenoxy) is 2. The van der Waals surface area contributed by atoms with Crippen LogP contribution in [0, 0.1) is 0 Å². The number of benzene rings is 1. The summed E-state index contributed by atoms with van der Waals surface area (Å²) in [5, 5.41) is 2.88. The highest BCUT2D eigenvalue weighted by molar-refractivity contribution is 5.92. The first kappa shape index (κ1) is 17.5. The fourth-order valence-electron chi connectivity index (χ4n) is 2.20. The minimum absolute atomic E-state index is 0.154. The summed E-state index contributed by atoms with van der Waals surface area (Å²) in [5.41, 5.74) is 1.68. The van der Waals surface area contributed by atoms with Gasteiger partial charge in [-0.25, -0.2) is 0 Å². The van der Waals surface area contributed by atoms with E-state index in [0.717, 1.165) is 11.3 Å². The Kier molecular flexibility index (Phi) is 6.37. The van der Waals surface area contributed by atoms with Crippen molar-refractivity contribution in [3.8, 4) is 11.5 Å². The molecule has 126 valence electrons. The molecule has 1 aromatic heterocycles. The van der Waals surface area contributed by atoms with Gasteiger partial charge in [-0.15, -0.1) is 0 Å². The number of aromatic nitrogens is 1. The normalized spacial score (nSPS) is 12.0. The number of nitrogens with zero attached hydrogens (tertiary/aromatic N) is 1. The van der Waals surface area contributed by atoms with Crippen molar-refractivity contribution in [2.24, 2.45) is 0 Å². The van der Waals surface area contributed by atoms with Crippen molar-refractivity contribution in [2.45, 2.75) is 19.9 Å². The number of methoxy groups -OCH3 is 1. The van der Waals surface area contributed by atoms with Gasteiger partial charge in [-0.05, 0) is 49.8 Å². The van der Waals surface area contributed by atoms with Gasteiger partial charge in [-0.1, -0.05) is 12.1 Å². The number of hydrogen-bond acceptors (Lipinski definition) is 4. The molecule has 0 bridgehead atoms. The average Bonchev–Trinajstić information content (AvgIpc) is 2.61. The van der Waals surface area contributed by atoms with E-state index in [2.05, 4.69) is 10.3 Å². The van der Waals surface area contributed by atoms with E-state index in [1.165, 1.54) is 6.08 Å². The minimum Gasteiger partial charge on any atom is -0.493 e. The van der Waals surface area contributed by atoms with Crippen molar-refractivity contribution >= 4 is 12.0 Å². The number of carbonyl (C=O) groups is 1. The topological polar surface area (TPSA) is 60.5 Å². The second-order valence-electron chi connectivity index (χ2n) is 5.16. The van der Waals surface area contributed by atoms with E-state index in [4.69, 9.17) is 9.47 Å². The van der Waals surface area contributed by atoms with Gasteiger partial charge in [0.2, 0.25) is 5.91 Å². The summed E-state index contributed by atoms with van der Waals surface area (Å²) < 4.78 is 10.8. The lowest BCUT2D eigenvalue weighted by Gasteiger charge is -2.11. The van der Waals surface area contributed by atoms with Gasteiger partial charge in [0.15, 0.2) is 11.5 Å². The molecule has 1 aromatic carbocycles. The quantitative estimate of drug-likeness (QED) is 0.792. The number of rotatable bonds is 7. The third kappa shape index (κ3) is 4.84. The predicted molar refractivity (Wildman–Crippen MR) is 94.0 cm³/mol. The van der Waals surface area contributed by atoms with Crippen LogP contribution in [0.1, 0.15) is 31.1 Å². The number of nitrogens with one attached hydrogen (secondary N) is 1. The summed E-state index contributed by atoms with van der Waals surface area (Å²) in [6, 6.07) is 11.0. The second kappa shape index (κ2) is 8.72. The molecule has 0 saturated carbocycles. The first-order valence-corrected chi connectivity index (χ1v) is 7.84. The summed E-state index contributed by atoms with van der Waals surface area (Å²) in [4.78, 5) is 16.3. The average molecular weight is 326 g/mol. The van der Waals surface area contributed by atoms with E-state index in [-0.39, 0.29) is 11.9 Å². The largest absolute Gasteiger partial charge is 0.493 e. The Balaban J connectivity index is 2.02. The summed E-state index contributed by atoms with van der Waals surface area (Å²) in [6.45, 7) is 4.36. The maximum absolute atomic E-state index is 12.1. The fraction of sp³-hybridized carbons (Fsp3) is 0.263. The van der Waals surface area contributed by atoms with Crippen LogP contribution in [0.4, 0.5) is 0 Å². The number of pyridine rings is 1. The molecule has 0 aliphatic rings. The van der Waals surface area contributed by atoms with Crippen LogP contribution in [-0.4, -0.2) is 24.6 Å². The zero-order valence-electron chi connectivity index (χ0n) is 14.2. The standard InChI is InChI=1S/C19H22N2O3/c1-4-24-18-13-15(8-10-17(18)23-3)9-11-19(22)21-14(2)16-7-5-6-12-20-16/h5-14H,4H2,1-3H3,(H,21,22)/b11-9+. The van der Waals surface area contributed by atoms with Crippen molar-refractivity contribution in [3.63, 3.8) is 0 Å². The summed E-state index contributed by atoms with van der Waals surface area (Å²) >= 11 is 0. The number of carbonyl (C=O) groups excluding carboxylic acids is 1. The molecule has 1 unspecified atom stereocenters. The molecular weight excluding hydrogens is 304 g/mol. The van der Waals surface area contributed by atoms with Crippen LogP contribution in [-0.2, 0) is 4.79 Å². The van der Waals surface area contributed by atoms with Crippen molar-refractivity contribution in [1.82, 2.24) is 10.3 Å². The molecule has 0 aliphatic heterocycles. The molecule has 24 heavy (non-hydrogen) atoms. The Labute approximate surface area is 142 Å². The fourth-order valence-corrected chi connectivity index (χ4v) is 2.20. The van der Waals surface area contributed by atoms with Gasteiger partial charge in [0.05, 0.1) is 25.5 Å². The molecule has 1 N–H and O–H groups in total. The molecule has 0 radical (unpaired) electrons. The summed E-state index contributed by atoms with van der Waals surface area (Å²) in [7, 11) is 1.60. The lowest BCUT2D eigenvalue weighted by molar-refractivity contribution is -0.117. The Bertz CT molecular complexity index is 699. The molecule has 1 heterocycles. The number of hydrogen-bond donors (Lipinski definition) is 1. The van der Waals surface area contributed by atoms with Crippen LogP contribution in [0.5, 0.6) is 11.5 Å². The van der Waals surface area contributed by atoms with Crippen LogP contribution < -0.4 is 14.8 Å². The first-order chi connectivity index (χ1) is 11.6. The highest BCUT2D eigenvalue weighted by Crippen LogP contribution is 2.28.